The van der Waals surface area contributed by atoms with E-state index in [0.717, 1.165) is 37.5 Å². The first-order valence-electron chi connectivity index (χ1n) is 10.3. The molecule has 4 atom stereocenters. The summed E-state index contributed by atoms with van der Waals surface area (Å²) in [5.41, 5.74) is 4.91. The molecule has 0 aromatic rings. The first kappa shape index (κ1) is 18.9. The lowest BCUT2D eigenvalue weighted by Crippen LogP contribution is -2.50. The van der Waals surface area contributed by atoms with Gasteiger partial charge in [-0.25, -0.2) is 0 Å². The quantitative estimate of drug-likeness (QED) is 0.432. The van der Waals surface area contributed by atoms with Gasteiger partial charge >= 0.3 is 0 Å². The highest BCUT2D eigenvalue weighted by Crippen LogP contribution is 2.61. The zero-order valence-electron chi connectivity index (χ0n) is 15.8. The van der Waals surface area contributed by atoms with Crippen LogP contribution < -0.4 is 5.73 Å². The van der Waals surface area contributed by atoms with Crippen molar-refractivity contribution in [3.63, 3.8) is 0 Å². The number of hydrogen-bond acceptors (Lipinski definition) is 4. The predicted molar refractivity (Wildman–Crippen MR) is 102 cm³/mol. The van der Waals surface area contributed by atoms with Gasteiger partial charge in [-0.1, -0.05) is 50.3 Å². The summed E-state index contributed by atoms with van der Waals surface area (Å²) >= 11 is 0. The van der Waals surface area contributed by atoms with Crippen LogP contribution in [0.4, 0.5) is 0 Å². The molecule has 4 heteroatoms. The highest BCUT2D eigenvalue weighted by molar-refractivity contribution is 5.70. The SMILES string of the molecule is C[C@]12CC[C@H](C3CCCCC3)C[C@@]1(O)CC[C@@H]2C=CC=NOCCN. The number of nitrogens with two attached hydrogens (primary N) is 1. The molecule has 3 aliphatic carbocycles. The maximum atomic E-state index is 11.5. The predicted octanol–water partition coefficient (Wildman–Crippen LogP) is 4.03. The van der Waals surface area contributed by atoms with E-state index < -0.39 is 5.60 Å². The summed E-state index contributed by atoms with van der Waals surface area (Å²) in [6.07, 6.45) is 18.4. The molecule has 25 heavy (non-hydrogen) atoms. The molecule has 3 fully saturated rings. The lowest BCUT2D eigenvalue weighted by Gasteiger charge is -2.51. The average molecular weight is 349 g/mol. The molecule has 0 aromatic heterocycles. The second-order valence-corrected chi connectivity index (χ2v) is 8.76. The Bertz CT molecular complexity index is 486. The third-order valence-electron chi connectivity index (χ3n) is 7.48. The minimum absolute atomic E-state index is 0.0145. The van der Waals surface area contributed by atoms with Crippen LogP contribution in [0.25, 0.3) is 0 Å². The number of rotatable bonds is 6. The maximum Gasteiger partial charge on any atom is 0.129 e. The van der Waals surface area contributed by atoms with Crippen LogP contribution in [0.15, 0.2) is 17.3 Å². The summed E-state index contributed by atoms with van der Waals surface area (Å²) < 4.78 is 0. The summed E-state index contributed by atoms with van der Waals surface area (Å²) in [7, 11) is 0. The lowest BCUT2D eigenvalue weighted by molar-refractivity contribution is -0.117. The molecule has 3 saturated carbocycles. The van der Waals surface area contributed by atoms with Gasteiger partial charge in [-0.05, 0) is 55.9 Å². The Hall–Kier alpha value is -0.870. The lowest BCUT2D eigenvalue weighted by atomic mass is 9.57. The van der Waals surface area contributed by atoms with Crippen molar-refractivity contribution in [1.29, 1.82) is 0 Å². The van der Waals surface area contributed by atoms with Gasteiger partial charge in [0.15, 0.2) is 0 Å². The van der Waals surface area contributed by atoms with Crippen molar-refractivity contribution < 1.29 is 9.94 Å². The molecule has 0 radical (unpaired) electrons. The average Bonchev–Trinajstić information content (AvgIpc) is 2.89. The monoisotopic (exact) mass is 348 g/mol. The summed E-state index contributed by atoms with van der Waals surface area (Å²) in [6, 6.07) is 0. The number of fused-ring (bicyclic) bond motifs is 1. The molecule has 0 spiro atoms. The van der Waals surface area contributed by atoms with Crippen molar-refractivity contribution in [1.82, 2.24) is 0 Å². The highest BCUT2D eigenvalue weighted by Gasteiger charge is 2.58. The van der Waals surface area contributed by atoms with E-state index in [4.69, 9.17) is 10.6 Å². The Morgan fingerprint density at radius 2 is 1.92 bits per heavy atom. The van der Waals surface area contributed by atoms with E-state index in [9.17, 15) is 5.11 Å². The first-order chi connectivity index (χ1) is 12.1. The molecule has 3 aliphatic rings. The highest BCUT2D eigenvalue weighted by atomic mass is 16.6. The van der Waals surface area contributed by atoms with Gasteiger partial charge in [-0.15, -0.1) is 0 Å². The Morgan fingerprint density at radius 3 is 2.68 bits per heavy atom. The van der Waals surface area contributed by atoms with E-state index in [0.29, 0.717) is 19.1 Å². The van der Waals surface area contributed by atoms with E-state index >= 15 is 0 Å². The van der Waals surface area contributed by atoms with Gasteiger partial charge in [0.2, 0.25) is 0 Å². The molecular formula is C21H36N2O2. The molecule has 3 N–H and O–H groups in total. The number of allylic oxidation sites excluding steroid dienone is 2. The summed E-state index contributed by atoms with van der Waals surface area (Å²) in [5.74, 6) is 2.04. The number of aliphatic hydroxyl groups is 1. The van der Waals surface area contributed by atoms with Crippen LogP contribution in [0, 0.1) is 23.2 Å². The van der Waals surface area contributed by atoms with Crippen LogP contribution in [0.5, 0.6) is 0 Å². The molecule has 0 unspecified atom stereocenters. The minimum Gasteiger partial charge on any atom is -0.394 e. The first-order valence-corrected chi connectivity index (χ1v) is 10.3. The summed E-state index contributed by atoms with van der Waals surface area (Å²) in [5, 5.41) is 15.4. The minimum atomic E-state index is -0.477. The zero-order valence-corrected chi connectivity index (χ0v) is 15.8. The molecule has 4 nitrogen and oxygen atoms in total. The molecule has 142 valence electrons. The standard InChI is InChI=1S/C21H36N2O2/c1-20-11-9-18(17-6-3-2-4-7-17)16-21(20,24)12-10-19(20)8-5-14-23-25-15-13-22/h5,8,14,17-19,24H,2-4,6-7,9-13,15-16,22H2,1H3/t18-,19-,20+,21-/m0/s1. The number of oxime groups is 1. The Morgan fingerprint density at radius 1 is 1.12 bits per heavy atom. The molecule has 0 amide bonds. The van der Waals surface area contributed by atoms with Gasteiger partial charge in [-0.2, -0.15) is 0 Å². The largest absolute Gasteiger partial charge is 0.394 e. The Labute approximate surface area is 152 Å². The van der Waals surface area contributed by atoms with Gasteiger partial charge in [0.05, 0.1) is 11.8 Å². The van der Waals surface area contributed by atoms with Gasteiger partial charge in [-0.3, -0.25) is 0 Å². The van der Waals surface area contributed by atoms with E-state index in [1.54, 1.807) is 6.21 Å². The molecule has 0 aromatic carbocycles. The zero-order chi connectivity index (χ0) is 17.8. The number of nitrogens with zero attached hydrogens (tertiary/aromatic N) is 1. The summed E-state index contributed by atoms with van der Waals surface area (Å²) in [6.45, 7) is 3.25. The van der Waals surface area contributed by atoms with E-state index in [1.165, 1.54) is 38.5 Å². The van der Waals surface area contributed by atoms with Crippen molar-refractivity contribution in [2.45, 2.75) is 76.7 Å². The molecule has 0 heterocycles. The molecule has 0 saturated heterocycles. The van der Waals surface area contributed by atoms with Crippen molar-refractivity contribution in [3.8, 4) is 0 Å². The van der Waals surface area contributed by atoms with Crippen molar-refractivity contribution >= 4 is 6.21 Å². The third-order valence-corrected chi connectivity index (χ3v) is 7.48. The second-order valence-electron chi connectivity index (χ2n) is 8.76. The van der Waals surface area contributed by atoms with Crippen molar-refractivity contribution in [3.05, 3.63) is 12.2 Å². The Balaban J connectivity index is 1.60. The maximum absolute atomic E-state index is 11.5. The molecular weight excluding hydrogens is 312 g/mol. The number of hydrogen-bond donors (Lipinski definition) is 2. The third kappa shape index (κ3) is 3.95. The fourth-order valence-electron chi connectivity index (χ4n) is 5.80. The van der Waals surface area contributed by atoms with Crippen LogP contribution in [0.2, 0.25) is 0 Å². The fraction of sp³-hybridized carbons (Fsp3) is 0.857. The fourth-order valence-corrected chi connectivity index (χ4v) is 5.80. The van der Waals surface area contributed by atoms with E-state index in [1.807, 2.05) is 6.08 Å². The summed E-state index contributed by atoms with van der Waals surface area (Å²) in [4.78, 5) is 5.02. The molecule has 0 bridgehead atoms. The molecule has 3 rings (SSSR count). The van der Waals surface area contributed by atoms with Crippen LogP contribution in [0.1, 0.15) is 71.1 Å². The van der Waals surface area contributed by atoms with Gasteiger partial charge < -0.3 is 15.7 Å². The van der Waals surface area contributed by atoms with Gasteiger partial charge in [0.1, 0.15) is 6.61 Å². The Kier molecular flexibility index (Phi) is 6.21. The van der Waals surface area contributed by atoms with Crippen LogP contribution in [-0.2, 0) is 4.84 Å². The van der Waals surface area contributed by atoms with E-state index in [2.05, 4.69) is 18.2 Å². The van der Waals surface area contributed by atoms with Crippen LogP contribution in [0.3, 0.4) is 0 Å². The van der Waals surface area contributed by atoms with Gasteiger partial charge in [0.25, 0.3) is 0 Å². The smallest absolute Gasteiger partial charge is 0.129 e. The topological polar surface area (TPSA) is 67.8 Å². The van der Waals surface area contributed by atoms with Crippen LogP contribution >= 0.6 is 0 Å². The van der Waals surface area contributed by atoms with Crippen LogP contribution in [-0.4, -0.2) is 30.1 Å². The van der Waals surface area contributed by atoms with Crippen molar-refractivity contribution in [2.75, 3.05) is 13.2 Å². The second kappa shape index (κ2) is 8.22. The van der Waals surface area contributed by atoms with E-state index in [-0.39, 0.29) is 5.41 Å². The van der Waals surface area contributed by atoms with Gasteiger partial charge in [0, 0.05) is 12.0 Å². The normalized spacial score (nSPS) is 40.0. The van der Waals surface area contributed by atoms with Crippen molar-refractivity contribution in [2.24, 2.45) is 34.1 Å². The molecule has 0 aliphatic heterocycles.